The summed E-state index contributed by atoms with van der Waals surface area (Å²) in [5.41, 5.74) is 8.21. The van der Waals surface area contributed by atoms with Crippen LogP contribution in [0, 0.1) is 35.5 Å². The molecule has 508 valence electrons. The Labute approximate surface area is 554 Å². The molecule has 0 radical (unpaired) electrons. The highest BCUT2D eigenvalue weighted by molar-refractivity contribution is 6.31. The number of ether oxygens (including phenoxy) is 3. The number of aryl methyl sites for hydroxylation is 2. The van der Waals surface area contributed by atoms with Crippen LogP contribution in [0.4, 0.5) is 4.79 Å². The first-order valence-corrected chi connectivity index (χ1v) is 32.3. The predicted octanol–water partition coefficient (Wildman–Crippen LogP) is 7.28. The van der Waals surface area contributed by atoms with Gasteiger partial charge in [0.25, 0.3) is 11.8 Å². The van der Waals surface area contributed by atoms with E-state index in [1.807, 2.05) is 71.0 Å². The molecular formula is C70H90ClN7O16. The van der Waals surface area contributed by atoms with E-state index in [-0.39, 0.29) is 107 Å². The van der Waals surface area contributed by atoms with Crippen LogP contribution in [-0.2, 0) is 97.7 Å². The number of esters is 2. The molecule has 24 heteroatoms. The number of ketones is 2. The lowest BCUT2D eigenvalue weighted by Crippen LogP contribution is -2.58. The molecular weight excluding hydrogens is 1230 g/mol. The molecule has 0 aliphatic carbocycles. The van der Waals surface area contributed by atoms with E-state index in [0.717, 1.165) is 34.4 Å². The fourth-order valence-corrected chi connectivity index (χ4v) is 11.0. The Morgan fingerprint density at radius 2 is 1.45 bits per heavy atom. The molecule has 0 unspecified atom stereocenters. The minimum absolute atomic E-state index is 0.0275. The number of hydrogen-bond acceptors (Lipinski definition) is 16. The first-order chi connectivity index (χ1) is 44.3. The SMILES string of the molecule is Cc1ccc(C[C@H]2NC(=O)/C=C/C[C@@H]([C@H](C)[C@H]3O[C@@H]3c3ccc(CCC(=O)OCc4ccc(CC(=O)[C@H](CCCNC(N)=O)NC(=O)[C@@H](CC(=O)CCCC(=O)ON5C(=O)C=CC5=O)C(C)C)cc4)cc3)OC(=O)[C@H](CC(C)(C)C)NC(=O)C(C)(C)[C@H](C)NC2=O)cc1Cl. The molecule has 3 aliphatic rings. The van der Waals surface area contributed by atoms with Crippen LogP contribution < -0.4 is 32.3 Å². The number of nitrogens with zero attached hydrogens (tertiary/aromatic N) is 1. The molecule has 0 aromatic heterocycles. The van der Waals surface area contributed by atoms with Crippen LogP contribution in [0.15, 0.2) is 91.0 Å². The number of urea groups is 1. The Hall–Kier alpha value is -8.57. The summed E-state index contributed by atoms with van der Waals surface area (Å²) < 4.78 is 18.1. The first kappa shape index (κ1) is 74.5. The van der Waals surface area contributed by atoms with Gasteiger partial charge >= 0.3 is 23.9 Å². The van der Waals surface area contributed by atoms with Crippen LogP contribution in [0.25, 0.3) is 0 Å². The zero-order valence-electron chi connectivity index (χ0n) is 55.3. The van der Waals surface area contributed by atoms with Crippen molar-refractivity contribution >= 4 is 82.5 Å². The molecule has 3 heterocycles. The van der Waals surface area contributed by atoms with Crippen molar-refractivity contribution in [3.63, 3.8) is 0 Å². The molecule has 8 amide bonds. The number of cyclic esters (lactones) is 1. The van der Waals surface area contributed by atoms with Crippen molar-refractivity contribution in [2.45, 2.75) is 195 Å². The van der Waals surface area contributed by atoms with Crippen LogP contribution in [-0.4, -0.2) is 119 Å². The molecule has 1 fully saturated rings. The number of epoxide rings is 1. The summed E-state index contributed by atoms with van der Waals surface area (Å²) in [5.74, 6) is -7.75. The van der Waals surface area contributed by atoms with E-state index in [1.54, 1.807) is 71.0 Å². The lowest BCUT2D eigenvalue weighted by atomic mass is 9.82. The Bertz CT molecular complexity index is 3320. The van der Waals surface area contributed by atoms with Gasteiger partial charge < -0.3 is 51.4 Å². The summed E-state index contributed by atoms with van der Waals surface area (Å²) in [7, 11) is 0. The van der Waals surface area contributed by atoms with Gasteiger partial charge in [0, 0.05) is 86.5 Å². The third-order valence-corrected chi connectivity index (χ3v) is 17.5. The van der Waals surface area contributed by atoms with Crippen molar-refractivity contribution in [3.05, 3.63) is 129 Å². The summed E-state index contributed by atoms with van der Waals surface area (Å²) in [6.07, 6.45) is 4.16. The van der Waals surface area contributed by atoms with Gasteiger partial charge in [-0.15, -0.1) is 0 Å². The van der Waals surface area contributed by atoms with Crippen LogP contribution in [0.3, 0.4) is 0 Å². The van der Waals surface area contributed by atoms with E-state index in [9.17, 15) is 57.5 Å². The van der Waals surface area contributed by atoms with E-state index < -0.39 is 112 Å². The van der Waals surface area contributed by atoms with Crippen molar-refractivity contribution in [2.24, 2.45) is 34.3 Å². The van der Waals surface area contributed by atoms with Crippen LogP contribution >= 0.6 is 11.6 Å². The Morgan fingerprint density at radius 3 is 2.09 bits per heavy atom. The average molecular weight is 1320 g/mol. The molecule has 3 aromatic rings. The zero-order valence-corrected chi connectivity index (χ0v) is 56.0. The smallest absolute Gasteiger partial charge is 0.333 e. The van der Waals surface area contributed by atoms with Crippen molar-refractivity contribution in [3.8, 4) is 0 Å². The van der Waals surface area contributed by atoms with Crippen LogP contribution in [0.5, 0.6) is 0 Å². The molecule has 6 rings (SSSR count). The van der Waals surface area contributed by atoms with Gasteiger partial charge in [-0.2, -0.15) is 0 Å². The Balaban J connectivity index is 1.01. The Kier molecular flexibility index (Phi) is 27.0. The minimum atomic E-state index is -1.21. The van der Waals surface area contributed by atoms with Gasteiger partial charge in [-0.3, -0.25) is 43.2 Å². The maximum atomic E-state index is 14.3. The quantitative estimate of drug-likeness (QED) is 0.0180. The first-order valence-electron chi connectivity index (χ1n) is 31.9. The fraction of sp³-hybridized carbons (Fsp3) is 0.514. The molecule has 0 saturated carbocycles. The molecule has 7 N–H and O–H groups in total. The number of carbonyl (C=O) groups is 12. The number of nitrogens with one attached hydrogen (secondary N) is 5. The number of nitrogens with two attached hydrogens (primary N) is 1. The van der Waals surface area contributed by atoms with Crippen molar-refractivity contribution in [1.29, 1.82) is 0 Å². The summed E-state index contributed by atoms with van der Waals surface area (Å²) in [4.78, 5) is 161. The second-order valence-corrected chi connectivity index (χ2v) is 27.1. The summed E-state index contributed by atoms with van der Waals surface area (Å²) in [6, 6.07) is 15.4. The second-order valence-electron chi connectivity index (χ2n) is 26.7. The number of halogens is 1. The molecule has 1 saturated heterocycles. The highest BCUT2D eigenvalue weighted by Gasteiger charge is 2.48. The fourth-order valence-electron chi connectivity index (χ4n) is 10.8. The van der Waals surface area contributed by atoms with Crippen LogP contribution in [0.2, 0.25) is 5.02 Å². The number of amides is 8. The number of carbonyl (C=O) groups excluding carboxylic acids is 12. The predicted molar refractivity (Wildman–Crippen MR) is 347 cm³/mol. The molecule has 3 aliphatic heterocycles. The lowest BCUT2D eigenvalue weighted by molar-refractivity contribution is -0.196. The molecule has 0 spiro atoms. The maximum absolute atomic E-state index is 14.3. The highest BCUT2D eigenvalue weighted by Crippen LogP contribution is 2.45. The second kappa shape index (κ2) is 34.0. The van der Waals surface area contributed by atoms with Crippen LogP contribution in [0.1, 0.15) is 160 Å². The Morgan fingerprint density at radius 1 is 0.798 bits per heavy atom. The molecule has 94 heavy (non-hydrogen) atoms. The van der Waals surface area contributed by atoms with Gasteiger partial charge in [0.2, 0.25) is 23.6 Å². The highest BCUT2D eigenvalue weighted by atomic mass is 35.5. The van der Waals surface area contributed by atoms with Gasteiger partial charge in [0.1, 0.15) is 36.7 Å². The molecule has 23 nitrogen and oxygen atoms in total. The number of imide groups is 1. The summed E-state index contributed by atoms with van der Waals surface area (Å²) in [6.45, 7) is 18.3. The molecule has 9 atom stereocenters. The van der Waals surface area contributed by atoms with E-state index in [2.05, 4.69) is 26.6 Å². The van der Waals surface area contributed by atoms with E-state index in [4.69, 9.17) is 36.4 Å². The zero-order chi connectivity index (χ0) is 69.2. The van der Waals surface area contributed by atoms with Gasteiger partial charge in [-0.25, -0.2) is 14.4 Å². The van der Waals surface area contributed by atoms with Gasteiger partial charge in [-0.1, -0.05) is 125 Å². The number of hydrogen-bond donors (Lipinski definition) is 6. The van der Waals surface area contributed by atoms with Crippen molar-refractivity contribution in [2.75, 3.05) is 6.54 Å². The summed E-state index contributed by atoms with van der Waals surface area (Å²) in [5, 5.41) is 14.8. The number of primary amides is 1. The summed E-state index contributed by atoms with van der Waals surface area (Å²) >= 11 is 6.44. The lowest BCUT2D eigenvalue weighted by Gasteiger charge is -2.35. The number of Topliss-reactive ketones (excluding diaryl/α,β-unsaturated/α-hetero) is 2. The number of rotatable bonds is 28. The molecule has 3 aromatic carbocycles. The van der Waals surface area contributed by atoms with Crippen molar-refractivity contribution < 1.29 is 76.6 Å². The van der Waals surface area contributed by atoms with Gasteiger partial charge in [-0.05, 0) is 117 Å². The number of benzene rings is 3. The van der Waals surface area contributed by atoms with Gasteiger partial charge in [0.15, 0.2) is 5.78 Å². The van der Waals surface area contributed by atoms with E-state index in [0.29, 0.717) is 34.1 Å². The maximum Gasteiger partial charge on any atom is 0.333 e. The number of hydroxylamine groups is 2. The third kappa shape index (κ3) is 22.9. The monoisotopic (exact) mass is 1320 g/mol. The topological polar surface area (TPSA) is 334 Å². The normalized spacial score (nSPS) is 21.4. The van der Waals surface area contributed by atoms with Crippen molar-refractivity contribution in [1.82, 2.24) is 31.6 Å². The largest absolute Gasteiger partial charge is 0.461 e. The van der Waals surface area contributed by atoms with E-state index >= 15 is 0 Å². The third-order valence-electron chi connectivity index (χ3n) is 17.1. The standard InChI is InChI=1S/C70H90ClN7O16/c1-40(2)50(37-49(79)14-11-18-61(85)94-78-58(82)30-31-59(78)83)64(86)76-52(15-13-33-73-68(72)90)55(80)36-45-21-23-46(24-22-45)39-91-60(84)32-27-44-25-28-48(29-26-44)63-62(93-63)42(4)56-16-12-17-57(81)75-53(35-47-20-19-41(3)51(71)34-47)65(87)74-43(5)70(9,10)67(89)77-54(66(88)92-56)38-69(6,7)8/h12,17,19-26,28-31,34,40,42-43,50,52-54,56,62-63H,11,13-16,18,27,32-33,35-39H2,1-10H3,(H,74,87)(H,75,81)(H,76,86)(H,77,89)(H3,72,73,90)/b17-12+/t42-,43-,50-,52-,53+,54-,56-,62+,63+/m0/s1. The average Bonchev–Trinajstić information content (AvgIpc) is 1.61. The molecule has 0 bridgehead atoms. The van der Waals surface area contributed by atoms with E-state index in [1.165, 1.54) is 6.08 Å². The minimum Gasteiger partial charge on any atom is -0.461 e. The van der Waals surface area contributed by atoms with Gasteiger partial charge in [0.05, 0.1) is 17.6 Å².